The van der Waals surface area contributed by atoms with Crippen molar-refractivity contribution in [3.05, 3.63) is 17.0 Å². The lowest BCUT2D eigenvalue weighted by Gasteiger charge is -2.16. The fourth-order valence-electron chi connectivity index (χ4n) is 2.08. The van der Waals surface area contributed by atoms with E-state index in [4.69, 9.17) is 11.6 Å². The highest BCUT2D eigenvalue weighted by atomic mass is 35.5. The van der Waals surface area contributed by atoms with Crippen LogP contribution in [0.4, 0.5) is 0 Å². The number of fused-ring (bicyclic) bond motifs is 1. The molecule has 1 aliphatic rings. The second kappa shape index (κ2) is 4.35. The molecule has 1 atom stereocenters. The summed E-state index contributed by atoms with van der Waals surface area (Å²) in [6.07, 6.45) is 4.24. The molecule has 0 radical (unpaired) electrons. The summed E-state index contributed by atoms with van der Waals surface area (Å²) in [5.41, 5.74) is 3.72. The van der Waals surface area contributed by atoms with Crippen LogP contribution in [0.1, 0.15) is 44.0 Å². The molecule has 2 rings (SSSR count). The molecular formula is C11H16ClN3. The number of aromatic nitrogens is 3. The zero-order valence-corrected chi connectivity index (χ0v) is 9.96. The molecule has 0 amide bonds. The molecule has 1 unspecified atom stereocenters. The van der Waals surface area contributed by atoms with Crippen LogP contribution in [0.3, 0.4) is 0 Å². The maximum atomic E-state index is 5.68. The summed E-state index contributed by atoms with van der Waals surface area (Å²) in [5.74, 6) is 1.17. The van der Waals surface area contributed by atoms with Crippen molar-refractivity contribution < 1.29 is 0 Å². The molecule has 0 aliphatic heterocycles. The summed E-state index contributed by atoms with van der Waals surface area (Å²) in [6, 6.07) is 0. The van der Waals surface area contributed by atoms with Crippen LogP contribution < -0.4 is 0 Å². The van der Waals surface area contributed by atoms with Gasteiger partial charge in [0.25, 0.3) is 0 Å². The Kier molecular flexibility index (Phi) is 3.10. The van der Waals surface area contributed by atoms with Crippen molar-refractivity contribution >= 4 is 17.7 Å². The number of alkyl halides is 1. The highest BCUT2D eigenvalue weighted by molar-refractivity contribution is 6.17. The molecular weight excluding hydrogens is 210 g/mol. The standard InChI is InChI=1S/C11H16ClN3/c1-8-6-9(2)11-10(7-8)15(14-13-11)5-3-4-12/h7,9H,3-6H2,1-2H3. The summed E-state index contributed by atoms with van der Waals surface area (Å²) in [4.78, 5) is 0. The fraction of sp³-hybridized carbons (Fsp3) is 0.636. The van der Waals surface area contributed by atoms with E-state index >= 15 is 0 Å². The van der Waals surface area contributed by atoms with Gasteiger partial charge in [-0.15, -0.1) is 16.7 Å². The van der Waals surface area contributed by atoms with Crippen LogP contribution in [-0.2, 0) is 6.54 Å². The molecule has 0 bridgehead atoms. The van der Waals surface area contributed by atoms with Crippen LogP contribution in [0.2, 0.25) is 0 Å². The summed E-state index contributed by atoms with van der Waals surface area (Å²) >= 11 is 5.68. The van der Waals surface area contributed by atoms with Gasteiger partial charge >= 0.3 is 0 Å². The Morgan fingerprint density at radius 2 is 2.40 bits per heavy atom. The predicted molar refractivity (Wildman–Crippen MR) is 62.0 cm³/mol. The summed E-state index contributed by atoms with van der Waals surface area (Å²) in [5, 5.41) is 8.43. The van der Waals surface area contributed by atoms with Crippen LogP contribution >= 0.6 is 11.6 Å². The minimum Gasteiger partial charge on any atom is -0.245 e. The largest absolute Gasteiger partial charge is 0.245 e. The number of hydrogen-bond acceptors (Lipinski definition) is 2. The molecule has 0 fully saturated rings. The third-order valence-electron chi connectivity index (χ3n) is 2.78. The topological polar surface area (TPSA) is 30.7 Å². The summed E-state index contributed by atoms with van der Waals surface area (Å²) in [7, 11) is 0. The van der Waals surface area contributed by atoms with Crippen molar-refractivity contribution in [1.29, 1.82) is 0 Å². The van der Waals surface area contributed by atoms with E-state index < -0.39 is 0 Å². The summed E-state index contributed by atoms with van der Waals surface area (Å²) < 4.78 is 1.97. The second-order valence-electron chi connectivity index (χ2n) is 4.22. The third kappa shape index (κ3) is 2.07. The molecule has 15 heavy (non-hydrogen) atoms. The van der Waals surface area contributed by atoms with Gasteiger partial charge in [-0.1, -0.05) is 17.7 Å². The first-order chi connectivity index (χ1) is 7.22. The van der Waals surface area contributed by atoms with E-state index in [1.165, 1.54) is 11.3 Å². The Labute approximate surface area is 95.1 Å². The van der Waals surface area contributed by atoms with E-state index in [-0.39, 0.29) is 0 Å². The molecule has 1 aliphatic carbocycles. The molecule has 3 nitrogen and oxygen atoms in total. The monoisotopic (exact) mass is 225 g/mol. The number of hydrogen-bond donors (Lipinski definition) is 0. The van der Waals surface area contributed by atoms with Gasteiger partial charge in [0.05, 0.1) is 11.4 Å². The van der Waals surface area contributed by atoms with Crippen LogP contribution in [0.15, 0.2) is 5.57 Å². The van der Waals surface area contributed by atoms with Crippen molar-refractivity contribution in [2.24, 2.45) is 0 Å². The first kappa shape index (κ1) is 10.7. The lowest BCUT2D eigenvalue weighted by atomic mass is 9.91. The maximum Gasteiger partial charge on any atom is 0.0932 e. The average molecular weight is 226 g/mol. The van der Waals surface area contributed by atoms with Crippen molar-refractivity contribution in [1.82, 2.24) is 15.0 Å². The van der Waals surface area contributed by atoms with Crippen molar-refractivity contribution in [3.8, 4) is 0 Å². The third-order valence-corrected chi connectivity index (χ3v) is 3.05. The smallest absolute Gasteiger partial charge is 0.0932 e. The normalized spacial score (nSPS) is 19.9. The molecule has 1 heterocycles. The van der Waals surface area contributed by atoms with Gasteiger partial charge < -0.3 is 0 Å². The van der Waals surface area contributed by atoms with E-state index in [1.54, 1.807) is 0 Å². The second-order valence-corrected chi connectivity index (χ2v) is 4.60. The van der Waals surface area contributed by atoms with Gasteiger partial charge in [-0.25, -0.2) is 4.68 Å². The van der Waals surface area contributed by atoms with E-state index in [1.807, 2.05) is 4.68 Å². The molecule has 0 saturated heterocycles. The zero-order valence-electron chi connectivity index (χ0n) is 9.20. The van der Waals surface area contributed by atoms with Crippen LogP contribution in [-0.4, -0.2) is 20.9 Å². The summed E-state index contributed by atoms with van der Waals surface area (Å²) in [6.45, 7) is 5.23. The number of rotatable bonds is 3. The van der Waals surface area contributed by atoms with Gasteiger partial charge in [0.2, 0.25) is 0 Å². The van der Waals surface area contributed by atoms with Crippen molar-refractivity contribution in [2.45, 2.75) is 39.2 Å². The lowest BCUT2D eigenvalue weighted by Crippen LogP contribution is -2.08. The molecule has 0 N–H and O–H groups in total. The van der Waals surface area contributed by atoms with Gasteiger partial charge in [-0.2, -0.15) is 0 Å². The number of allylic oxidation sites excluding steroid dienone is 1. The van der Waals surface area contributed by atoms with E-state index in [0.717, 1.165) is 25.1 Å². The minimum absolute atomic E-state index is 0.495. The van der Waals surface area contributed by atoms with E-state index in [2.05, 4.69) is 30.2 Å². The molecule has 0 spiro atoms. The Bertz CT molecular complexity index is 381. The Morgan fingerprint density at radius 3 is 3.13 bits per heavy atom. The Balaban J connectivity index is 2.30. The Hall–Kier alpha value is -0.830. The highest BCUT2D eigenvalue weighted by Crippen LogP contribution is 2.31. The first-order valence-corrected chi connectivity index (χ1v) is 5.92. The molecule has 1 aromatic heterocycles. The average Bonchev–Trinajstić information content (AvgIpc) is 2.58. The predicted octanol–water partition coefficient (Wildman–Crippen LogP) is 2.82. The van der Waals surface area contributed by atoms with Gasteiger partial charge in [-0.05, 0) is 25.8 Å². The molecule has 82 valence electrons. The molecule has 0 saturated carbocycles. The van der Waals surface area contributed by atoms with Crippen molar-refractivity contribution in [2.75, 3.05) is 5.88 Å². The van der Waals surface area contributed by atoms with Crippen LogP contribution in [0, 0.1) is 0 Å². The van der Waals surface area contributed by atoms with Gasteiger partial charge in [0.15, 0.2) is 0 Å². The number of nitrogens with zero attached hydrogens (tertiary/aromatic N) is 3. The number of halogens is 1. The minimum atomic E-state index is 0.495. The van der Waals surface area contributed by atoms with E-state index in [0.29, 0.717) is 11.8 Å². The fourth-order valence-corrected chi connectivity index (χ4v) is 2.20. The van der Waals surface area contributed by atoms with Gasteiger partial charge in [-0.3, -0.25) is 0 Å². The number of aryl methyl sites for hydroxylation is 1. The quantitative estimate of drug-likeness (QED) is 0.741. The van der Waals surface area contributed by atoms with Gasteiger partial charge in [0.1, 0.15) is 0 Å². The molecule has 4 heteroatoms. The highest BCUT2D eigenvalue weighted by Gasteiger charge is 2.21. The zero-order chi connectivity index (χ0) is 10.8. The van der Waals surface area contributed by atoms with Crippen LogP contribution in [0.5, 0.6) is 0 Å². The lowest BCUT2D eigenvalue weighted by molar-refractivity contribution is 0.576. The Morgan fingerprint density at radius 1 is 1.60 bits per heavy atom. The van der Waals surface area contributed by atoms with Gasteiger partial charge in [0, 0.05) is 18.3 Å². The molecule has 0 aromatic carbocycles. The first-order valence-electron chi connectivity index (χ1n) is 5.39. The van der Waals surface area contributed by atoms with Crippen molar-refractivity contribution in [3.63, 3.8) is 0 Å². The SMILES string of the molecule is CC1=Cc2c(nnn2CCCCl)C(C)C1. The van der Waals surface area contributed by atoms with E-state index in [9.17, 15) is 0 Å². The van der Waals surface area contributed by atoms with Crippen LogP contribution in [0.25, 0.3) is 6.08 Å². The maximum absolute atomic E-state index is 5.68. The molecule has 1 aromatic rings.